The Labute approximate surface area is 184 Å². The summed E-state index contributed by atoms with van der Waals surface area (Å²) in [6.07, 6.45) is 8.56. The summed E-state index contributed by atoms with van der Waals surface area (Å²) in [7, 11) is 2.16. The molecule has 0 aliphatic rings. The van der Waals surface area contributed by atoms with Crippen molar-refractivity contribution < 1.29 is 4.39 Å². The second-order valence-electron chi connectivity index (χ2n) is 7.81. The highest BCUT2D eigenvalue weighted by atomic mass is 32.1. The number of hydrogen-bond acceptors (Lipinski definition) is 4. The fourth-order valence-electron chi connectivity index (χ4n) is 3.48. The second kappa shape index (κ2) is 11.7. The Kier molecular flexibility index (Phi) is 8.69. The Hall–Kier alpha value is -2.40. The van der Waals surface area contributed by atoms with Crippen molar-refractivity contribution in [3.8, 4) is 0 Å². The number of anilines is 3. The molecule has 0 aliphatic carbocycles. The maximum atomic E-state index is 13.3. The van der Waals surface area contributed by atoms with Gasteiger partial charge >= 0.3 is 0 Å². The number of aromatic nitrogens is 1. The van der Waals surface area contributed by atoms with Crippen molar-refractivity contribution in [1.29, 1.82) is 0 Å². The predicted octanol–water partition coefficient (Wildman–Crippen LogP) is 7.41. The van der Waals surface area contributed by atoms with E-state index in [1.54, 1.807) is 23.5 Å². The molecule has 30 heavy (non-hydrogen) atoms. The highest BCUT2D eigenvalue weighted by Gasteiger charge is 2.06. The number of hydrogen-bond donors (Lipinski definition) is 1. The van der Waals surface area contributed by atoms with Gasteiger partial charge in [0.2, 0.25) is 0 Å². The number of nitrogens with one attached hydrogen (secondary N) is 1. The van der Waals surface area contributed by atoms with E-state index in [2.05, 4.69) is 53.4 Å². The van der Waals surface area contributed by atoms with Crippen LogP contribution in [0.2, 0.25) is 0 Å². The molecule has 5 heteroatoms. The van der Waals surface area contributed by atoms with Crippen LogP contribution in [0, 0.1) is 5.82 Å². The molecule has 3 aromatic rings. The van der Waals surface area contributed by atoms with E-state index >= 15 is 0 Å². The Balaban J connectivity index is 1.47. The standard InChI is InChI=1S/C25H32FN3S/c1-3-4-5-6-7-8-16-29(2)24-14-12-22(13-15-24)27-25-28-23(19-30-25)18-20-10-9-11-21(26)17-20/h9-15,17,19H,3-8,16,18H2,1-2H3,(H,27,28). The number of rotatable bonds is 12. The number of benzene rings is 2. The van der Waals surface area contributed by atoms with Crippen LogP contribution >= 0.6 is 11.3 Å². The molecule has 0 spiro atoms. The first kappa shape index (κ1) is 22.3. The van der Waals surface area contributed by atoms with Gasteiger partial charge in [-0.2, -0.15) is 0 Å². The van der Waals surface area contributed by atoms with Crippen molar-refractivity contribution >= 4 is 27.8 Å². The molecule has 1 aromatic heterocycles. The van der Waals surface area contributed by atoms with Crippen molar-refractivity contribution in [2.45, 2.75) is 51.9 Å². The summed E-state index contributed by atoms with van der Waals surface area (Å²) >= 11 is 1.57. The maximum absolute atomic E-state index is 13.3. The van der Waals surface area contributed by atoms with Crippen LogP contribution in [0.3, 0.4) is 0 Å². The number of halogens is 1. The molecular formula is C25H32FN3S. The van der Waals surface area contributed by atoms with Crippen molar-refractivity contribution in [3.05, 3.63) is 71.0 Å². The number of thiazole rings is 1. The van der Waals surface area contributed by atoms with Crippen molar-refractivity contribution in [2.24, 2.45) is 0 Å². The summed E-state index contributed by atoms with van der Waals surface area (Å²) in [4.78, 5) is 6.96. The lowest BCUT2D eigenvalue weighted by atomic mass is 10.1. The summed E-state index contributed by atoms with van der Waals surface area (Å²) in [5.41, 5.74) is 4.14. The molecule has 0 radical (unpaired) electrons. The zero-order valence-corrected chi connectivity index (χ0v) is 18.9. The fraction of sp³-hybridized carbons (Fsp3) is 0.400. The average Bonchev–Trinajstić information content (AvgIpc) is 3.17. The minimum atomic E-state index is -0.206. The molecule has 0 unspecified atom stereocenters. The fourth-order valence-corrected chi connectivity index (χ4v) is 4.21. The third kappa shape index (κ3) is 7.13. The zero-order chi connectivity index (χ0) is 21.2. The van der Waals surface area contributed by atoms with E-state index in [0.29, 0.717) is 6.42 Å². The Morgan fingerprint density at radius 1 is 1.00 bits per heavy atom. The average molecular weight is 426 g/mol. The van der Waals surface area contributed by atoms with Gasteiger partial charge in [0.15, 0.2) is 5.13 Å². The first-order chi connectivity index (χ1) is 14.6. The second-order valence-corrected chi connectivity index (χ2v) is 8.67. The summed E-state index contributed by atoms with van der Waals surface area (Å²) in [6, 6.07) is 15.2. The predicted molar refractivity (Wildman–Crippen MR) is 128 cm³/mol. The van der Waals surface area contributed by atoms with E-state index in [1.165, 1.54) is 50.3 Å². The van der Waals surface area contributed by atoms with E-state index in [9.17, 15) is 4.39 Å². The van der Waals surface area contributed by atoms with Gasteiger partial charge in [0.05, 0.1) is 5.69 Å². The summed E-state index contributed by atoms with van der Waals surface area (Å²) in [6.45, 7) is 3.35. The number of nitrogens with zero attached hydrogens (tertiary/aromatic N) is 2. The van der Waals surface area contributed by atoms with Crippen LogP contribution in [0.5, 0.6) is 0 Å². The van der Waals surface area contributed by atoms with Crippen molar-refractivity contribution in [1.82, 2.24) is 4.98 Å². The van der Waals surface area contributed by atoms with Crippen LogP contribution in [-0.2, 0) is 6.42 Å². The summed E-state index contributed by atoms with van der Waals surface area (Å²) in [5, 5.41) is 6.25. The molecule has 3 rings (SSSR count). The SMILES string of the molecule is CCCCCCCCN(C)c1ccc(Nc2nc(Cc3cccc(F)c3)cs2)cc1. The minimum Gasteiger partial charge on any atom is -0.375 e. The van der Waals surface area contributed by atoms with Crippen LogP contribution < -0.4 is 10.2 Å². The molecular weight excluding hydrogens is 393 g/mol. The lowest BCUT2D eigenvalue weighted by Gasteiger charge is -2.19. The largest absolute Gasteiger partial charge is 0.375 e. The van der Waals surface area contributed by atoms with Gasteiger partial charge in [-0.05, 0) is 48.4 Å². The Bertz CT molecular complexity index is 891. The monoisotopic (exact) mass is 425 g/mol. The van der Waals surface area contributed by atoms with Crippen LogP contribution in [-0.4, -0.2) is 18.6 Å². The van der Waals surface area contributed by atoms with Crippen LogP contribution in [0.15, 0.2) is 53.9 Å². The maximum Gasteiger partial charge on any atom is 0.187 e. The van der Waals surface area contributed by atoms with Gasteiger partial charge in [0, 0.05) is 36.8 Å². The highest BCUT2D eigenvalue weighted by Crippen LogP contribution is 2.24. The molecule has 160 valence electrons. The quantitative estimate of drug-likeness (QED) is 0.306. The van der Waals surface area contributed by atoms with E-state index in [-0.39, 0.29) is 5.82 Å². The van der Waals surface area contributed by atoms with Gasteiger partial charge < -0.3 is 10.2 Å². The molecule has 0 saturated carbocycles. The highest BCUT2D eigenvalue weighted by molar-refractivity contribution is 7.13. The molecule has 1 heterocycles. The Morgan fingerprint density at radius 2 is 1.77 bits per heavy atom. The first-order valence-corrected chi connectivity index (χ1v) is 11.8. The number of unbranched alkanes of at least 4 members (excludes halogenated alkanes) is 5. The summed E-state index contributed by atoms with van der Waals surface area (Å²) in [5.74, 6) is -0.206. The van der Waals surface area contributed by atoms with Gasteiger partial charge in [0.25, 0.3) is 0 Å². The van der Waals surface area contributed by atoms with E-state index in [4.69, 9.17) is 0 Å². The minimum absolute atomic E-state index is 0.206. The van der Waals surface area contributed by atoms with Gasteiger partial charge in [0.1, 0.15) is 5.82 Å². The molecule has 0 amide bonds. The molecule has 0 fully saturated rings. The lowest BCUT2D eigenvalue weighted by Crippen LogP contribution is -2.18. The molecule has 0 saturated heterocycles. The molecule has 0 atom stereocenters. The topological polar surface area (TPSA) is 28.2 Å². The van der Waals surface area contributed by atoms with E-state index < -0.39 is 0 Å². The summed E-state index contributed by atoms with van der Waals surface area (Å²) < 4.78 is 13.3. The normalized spacial score (nSPS) is 10.9. The van der Waals surface area contributed by atoms with Gasteiger partial charge in [-0.1, -0.05) is 51.2 Å². The lowest BCUT2D eigenvalue weighted by molar-refractivity contribution is 0.606. The molecule has 2 aromatic carbocycles. The van der Waals surface area contributed by atoms with E-state index in [0.717, 1.165) is 28.6 Å². The van der Waals surface area contributed by atoms with Crippen molar-refractivity contribution in [3.63, 3.8) is 0 Å². The Morgan fingerprint density at radius 3 is 2.53 bits per heavy atom. The third-order valence-electron chi connectivity index (χ3n) is 5.23. The molecule has 0 aliphatic heterocycles. The van der Waals surface area contributed by atoms with E-state index in [1.807, 2.05) is 11.4 Å². The van der Waals surface area contributed by atoms with Crippen LogP contribution in [0.1, 0.15) is 56.7 Å². The molecule has 0 bridgehead atoms. The first-order valence-electron chi connectivity index (χ1n) is 10.9. The zero-order valence-electron chi connectivity index (χ0n) is 18.0. The third-order valence-corrected chi connectivity index (χ3v) is 6.04. The van der Waals surface area contributed by atoms with Gasteiger partial charge in [-0.25, -0.2) is 9.37 Å². The molecule has 1 N–H and O–H groups in total. The van der Waals surface area contributed by atoms with Crippen molar-refractivity contribution in [2.75, 3.05) is 23.8 Å². The van der Waals surface area contributed by atoms with Crippen LogP contribution in [0.4, 0.5) is 20.9 Å². The molecule has 3 nitrogen and oxygen atoms in total. The smallest absolute Gasteiger partial charge is 0.187 e. The van der Waals surface area contributed by atoms with Gasteiger partial charge in [-0.15, -0.1) is 11.3 Å². The van der Waals surface area contributed by atoms with Crippen LogP contribution in [0.25, 0.3) is 0 Å². The van der Waals surface area contributed by atoms with Gasteiger partial charge in [-0.3, -0.25) is 0 Å².